The minimum Gasteiger partial charge on any atom is -0.341 e. The molecule has 1 aliphatic heterocycles. The van der Waals surface area contributed by atoms with Crippen molar-refractivity contribution in [2.24, 2.45) is 5.73 Å². The van der Waals surface area contributed by atoms with Crippen molar-refractivity contribution in [3.8, 4) is 0 Å². The van der Waals surface area contributed by atoms with Gasteiger partial charge in [-0.05, 0) is 56.0 Å². The fourth-order valence-electron chi connectivity index (χ4n) is 3.05. The van der Waals surface area contributed by atoms with E-state index in [0.717, 1.165) is 16.6 Å². The zero-order valence-electron chi connectivity index (χ0n) is 12.6. The molecule has 1 aliphatic rings. The number of benzene rings is 2. The third-order valence-corrected chi connectivity index (χ3v) is 4.83. The predicted octanol–water partition coefficient (Wildman–Crippen LogP) is 4.86. The molecule has 0 saturated heterocycles. The highest BCUT2D eigenvalue weighted by Crippen LogP contribution is 2.36. The van der Waals surface area contributed by atoms with Crippen LogP contribution in [0.5, 0.6) is 0 Å². The van der Waals surface area contributed by atoms with Gasteiger partial charge in [-0.1, -0.05) is 39.7 Å². The summed E-state index contributed by atoms with van der Waals surface area (Å²) in [6, 6.07) is 13.3. The molecule has 1 heterocycles. The average Bonchev–Trinajstić information content (AvgIpc) is 2.45. The van der Waals surface area contributed by atoms with Crippen LogP contribution in [-0.2, 0) is 6.42 Å². The molecule has 0 radical (unpaired) electrons. The first-order valence-electron chi connectivity index (χ1n) is 7.48. The van der Waals surface area contributed by atoms with Crippen LogP contribution in [0.4, 0.5) is 11.4 Å². The smallest absolute Gasteiger partial charge is 0.0443 e. The maximum absolute atomic E-state index is 5.99. The summed E-state index contributed by atoms with van der Waals surface area (Å²) in [5.74, 6) is 0. The van der Waals surface area contributed by atoms with Gasteiger partial charge >= 0.3 is 0 Å². The lowest BCUT2D eigenvalue weighted by Gasteiger charge is -2.32. The van der Waals surface area contributed by atoms with Gasteiger partial charge in [0.05, 0.1) is 0 Å². The standard InChI is InChI=1S/C18H21BrN2/c1-12-5-8-18-14(10-12)4-3-9-21(18)15-6-7-16(13(2)20)17(19)11-15/h5-8,10-11,13H,3-4,9,20H2,1-2H3. The summed E-state index contributed by atoms with van der Waals surface area (Å²) in [5, 5.41) is 0. The molecule has 2 aromatic rings. The third-order valence-electron chi connectivity index (χ3n) is 4.14. The monoisotopic (exact) mass is 344 g/mol. The zero-order chi connectivity index (χ0) is 15.0. The predicted molar refractivity (Wildman–Crippen MR) is 93.3 cm³/mol. The Balaban J connectivity index is 2.01. The number of hydrogen-bond donors (Lipinski definition) is 1. The summed E-state index contributed by atoms with van der Waals surface area (Å²) in [5.41, 5.74) is 12.5. The molecule has 2 aromatic carbocycles. The van der Waals surface area contributed by atoms with Gasteiger partial charge in [0.2, 0.25) is 0 Å². The number of fused-ring (bicyclic) bond motifs is 1. The molecule has 0 amide bonds. The van der Waals surface area contributed by atoms with E-state index in [4.69, 9.17) is 5.73 Å². The topological polar surface area (TPSA) is 29.3 Å². The number of hydrogen-bond acceptors (Lipinski definition) is 2. The first kappa shape index (κ1) is 14.6. The Bertz CT molecular complexity index is 664. The van der Waals surface area contributed by atoms with Crippen molar-refractivity contribution in [3.63, 3.8) is 0 Å². The highest BCUT2D eigenvalue weighted by atomic mass is 79.9. The van der Waals surface area contributed by atoms with E-state index in [1.807, 2.05) is 6.92 Å². The summed E-state index contributed by atoms with van der Waals surface area (Å²) in [6.07, 6.45) is 2.37. The Kier molecular flexibility index (Phi) is 4.05. The molecule has 0 fully saturated rings. The number of rotatable bonds is 2. The van der Waals surface area contributed by atoms with Crippen molar-refractivity contribution in [2.75, 3.05) is 11.4 Å². The largest absolute Gasteiger partial charge is 0.341 e. The van der Waals surface area contributed by atoms with Crippen LogP contribution in [0.1, 0.15) is 36.1 Å². The van der Waals surface area contributed by atoms with E-state index in [1.165, 1.54) is 35.3 Å². The molecule has 110 valence electrons. The van der Waals surface area contributed by atoms with Crippen LogP contribution in [0.3, 0.4) is 0 Å². The molecule has 0 spiro atoms. The summed E-state index contributed by atoms with van der Waals surface area (Å²) in [6.45, 7) is 5.24. The Morgan fingerprint density at radius 1 is 1.19 bits per heavy atom. The zero-order valence-corrected chi connectivity index (χ0v) is 14.2. The van der Waals surface area contributed by atoms with Crippen LogP contribution < -0.4 is 10.6 Å². The van der Waals surface area contributed by atoms with Crippen molar-refractivity contribution in [1.82, 2.24) is 0 Å². The van der Waals surface area contributed by atoms with Crippen LogP contribution in [0.2, 0.25) is 0 Å². The quantitative estimate of drug-likeness (QED) is 0.842. The van der Waals surface area contributed by atoms with Gasteiger partial charge < -0.3 is 10.6 Å². The van der Waals surface area contributed by atoms with Crippen molar-refractivity contribution < 1.29 is 0 Å². The van der Waals surface area contributed by atoms with Crippen molar-refractivity contribution in [2.45, 2.75) is 32.7 Å². The minimum absolute atomic E-state index is 0.0460. The molecule has 0 aliphatic carbocycles. The van der Waals surface area contributed by atoms with Gasteiger partial charge in [0.15, 0.2) is 0 Å². The number of aryl methyl sites for hydroxylation is 2. The molecule has 2 nitrogen and oxygen atoms in total. The van der Waals surface area contributed by atoms with Crippen molar-refractivity contribution in [3.05, 3.63) is 57.6 Å². The number of nitrogens with two attached hydrogens (primary N) is 1. The molecular formula is C18H21BrN2. The second kappa shape index (κ2) is 5.82. The van der Waals surface area contributed by atoms with Crippen molar-refractivity contribution >= 4 is 27.3 Å². The van der Waals surface area contributed by atoms with Crippen molar-refractivity contribution in [1.29, 1.82) is 0 Å². The second-order valence-corrected chi connectivity index (χ2v) is 6.74. The highest BCUT2D eigenvalue weighted by Gasteiger charge is 2.19. The molecule has 1 unspecified atom stereocenters. The van der Waals surface area contributed by atoms with Crippen LogP contribution >= 0.6 is 15.9 Å². The van der Waals surface area contributed by atoms with E-state index in [1.54, 1.807) is 0 Å². The lowest BCUT2D eigenvalue weighted by atomic mass is 9.98. The molecule has 0 saturated carbocycles. The van der Waals surface area contributed by atoms with Gasteiger partial charge in [0, 0.05) is 28.4 Å². The van der Waals surface area contributed by atoms with Crippen LogP contribution in [-0.4, -0.2) is 6.54 Å². The lowest BCUT2D eigenvalue weighted by Crippen LogP contribution is -2.24. The number of anilines is 2. The van der Waals surface area contributed by atoms with Gasteiger partial charge in [-0.15, -0.1) is 0 Å². The fraction of sp³-hybridized carbons (Fsp3) is 0.333. The van der Waals surface area contributed by atoms with E-state index in [0.29, 0.717) is 0 Å². The molecular weight excluding hydrogens is 324 g/mol. The first-order chi connectivity index (χ1) is 10.1. The van der Waals surface area contributed by atoms with Gasteiger partial charge in [0.1, 0.15) is 0 Å². The van der Waals surface area contributed by atoms with Gasteiger partial charge in [-0.3, -0.25) is 0 Å². The van der Waals surface area contributed by atoms with Crippen LogP contribution in [0, 0.1) is 6.92 Å². The first-order valence-corrected chi connectivity index (χ1v) is 8.27. The Hall–Kier alpha value is -1.32. The number of nitrogens with zero attached hydrogens (tertiary/aromatic N) is 1. The van der Waals surface area contributed by atoms with E-state index in [-0.39, 0.29) is 6.04 Å². The SMILES string of the molecule is Cc1ccc2c(c1)CCCN2c1ccc(C(C)N)c(Br)c1. The molecule has 3 heteroatoms. The second-order valence-electron chi connectivity index (χ2n) is 5.88. The Morgan fingerprint density at radius 2 is 2.00 bits per heavy atom. The van der Waals surface area contributed by atoms with E-state index >= 15 is 0 Å². The van der Waals surface area contributed by atoms with E-state index < -0.39 is 0 Å². The third kappa shape index (κ3) is 2.85. The average molecular weight is 345 g/mol. The van der Waals surface area contributed by atoms with E-state index in [9.17, 15) is 0 Å². The van der Waals surface area contributed by atoms with E-state index in [2.05, 4.69) is 64.2 Å². The van der Waals surface area contributed by atoms with Crippen LogP contribution in [0.15, 0.2) is 40.9 Å². The normalized spacial score (nSPS) is 15.7. The van der Waals surface area contributed by atoms with Gasteiger partial charge in [0.25, 0.3) is 0 Å². The summed E-state index contributed by atoms with van der Waals surface area (Å²) < 4.78 is 1.09. The molecule has 0 aromatic heterocycles. The summed E-state index contributed by atoms with van der Waals surface area (Å²) in [4.78, 5) is 2.41. The fourth-order valence-corrected chi connectivity index (χ4v) is 3.78. The molecule has 2 N–H and O–H groups in total. The summed E-state index contributed by atoms with van der Waals surface area (Å²) in [7, 11) is 0. The molecule has 0 bridgehead atoms. The Morgan fingerprint density at radius 3 is 2.71 bits per heavy atom. The van der Waals surface area contributed by atoms with Crippen LogP contribution in [0.25, 0.3) is 0 Å². The molecule has 3 rings (SSSR count). The highest BCUT2D eigenvalue weighted by molar-refractivity contribution is 9.10. The molecule has 21 heavy (non-hydrogen) atoms. The number of halogens is 1. The Labute approximate surface area is 135 Å². The maximum Gasteiger partial charge on any atom is 0.0443 e. The summed E-state index contributed by atoms with van der Waals surface area (Å²) >= 11 is 3.66. The minimum atomic E-state index is 0.0460. The maximum atomic E-state index is 5.99. The lowest BCUT2D eigenvalue weighted by molar-refractivity contribution is 0.764. The molecule has 1 atom stereocenters. The van der Waals surface area contributed by atoms with Gasteiger partial charge in [-0.25, -0.2) is 0 Å². The van der Waals surface area contributed by atoms with Gasteiger partial charge in [-0.2, -0.15) is 0 Å².